The van der Waals surface area contributed by atoms with Crippen molar-refractivity contribution in [2.75, 3.05) is 9.80 Å². The Morgan fingerprint density at radius 1 is 0.290 bits per heavy atom. The van der Waals surface area contributed by atoms with Crippen molar-refractivity contribution in [3.8, 4) is 61.7 Å². The van der Waals surface area contributed by atoms with Gasteiger partial charge in [0.25, 0.3) is 0 Å². The topological polar surface area (TPSA) is 30.3 Å². The molecule has 10 aromatic rings. The van der Waals surface area contributed by atoms with E-state index in [-0.39, 0.29) is 5.41 Å². The lowest BCUT2D eigenvalue weighted by molar-refractivity contribution is 0.452. The molecule has 3 nitrogen and oxygen atoms in total. The van der Waals surface area contributed by atoms with E-state index in [0.717, 1.165) is 58.1 Å². The van der Waals surface area contributed by atoms with Crippen LogP contribution in [0.2, 0.25) is 0 Å². The summed E-state index contributed by atoms with van der Waals surface area (Å²) >= 11 is 0. The van der Waals surface area contributed by atoms with Crippen molar-refractivity contribution in [2.24, 2.45) is 5.41 Å². The molecule has 0 spiro atoms. The Balaban J connectivity index is 0.878. The zero-order chi connectivity index (χ0) is 47.0. The SMILES string of the molecule is CC(C)(C#N)CCc1ccc(-c2ccc(-c3ccc(N(c4ccccc4)c4ccc(-c5ccc(N(c6ccc(-c7ccccc7)cc6)c6ccc(-c7ccccc7)cc6)cc5)cc4)cc3)cc2)cc1. The molecule has 0 bridgehead atoms. The van der Waals surface area contributed by atoms with Crippen molar-refractivity contribution < 1.29 is 0 Å². The summed E-state index contributed by atoms with van der Waals surface area (Å²) in [6.07, 6.45) is 1.75. The van der Waals surface area contributed by atoms with E-state index >= 15 is 0 Å². The summed E-state index contributed by atoms with van der Waals surface area (Å²) in [5.74, 6) is 0. The second kappa shape index (κ2) is 20.0. The molecule has 0 aliphatic heterocycles. The van der Waals surface area contributed by atoms with Gasteiger partial charge in [0.05, 0.1) is 11.5 Å². The lowest BCUT2D eigenvalue weighted by atomic mass is 9.88. The van der Waals surface area contributed by atoms with Crippen LogP contribution in [0.25, 0.3) is 55.6 Å². The summed E-state index contributed by atoms with van der Waals surface area (Å²) in [5.41, 5.74) is 19.3. The van der Waals surface area contributed by atoms with Crippen molar-refractivity contribution in [2.45, 2.75) is 26.7 Å². The fourth-order valence-corrected chi connectivity index (χ4v) is 8.98. The lowest BCUT2D eigenvalue weighted by Crippen LogP contribution is -2.10. The molecule has 3 heteroatoms. The zero-order valence-electron chi connectivity index (χ0n) is 39.1. The molecule has 0 N–H and O–H groups in total. The lowest BCUT2D eigenvalue weighted by Gasteiger charge is -2.26. The molecule has 10 aromatic carbocycles. The Morgan fingerprint density at radius 2 is 0.507 bits per heavy atom. The number of hydrogen-bond acceptors (Lipinski definition) is 3. The predicted octanol–water partition coefficient (Wildman–Crippen LogP) is 18.4. The van der Waals surface area contributed by atoms with E-state index in [4.69, 9.17) is 0 Å². The average Bonchev–Trinajstić information content (AvgIpc) is 3.42. The number of aryl methyl sites for hydroxylation is 1. The van der Waals surface area contributed by atoms with Crippen molar-refractivity contribution in [1.82, 2.24) is 0 Å². The van der Waals surface area contributed by atoms with Crippen LogP contribution in [-0.2, 0) is 6.42 Å². The second-order valence-electron chi connectivity index (χ2n) is 18.2. The minimum absolute atomic E-state index is 0.310. The van der Waals surface area contributed by atoms with Gasteiger partial charge in [-0.3, -0.25) is 0 Å². The number of hydrogen-bond donors (Lipinski definition) is 0. The first kappa shape index (κ1) is 44.1. The third kappa shape index (κ3) is 10.2. The third-order valence-corrected chi connectivity index (χ3v) is 13.0. The Morgan fingerprint density at radius 3 is 0.783 bits per heavy atom. The second-order valence-corrected chi connectivity index (χ2v) is 18.2. The standard InChI is InChI=1S/C66H53N3/c1-66(2,48-67)47-46-49-18-20-52(21-19-49)53-22-24-54(25-23-53)57-30-40-61(41-31-57)68(60-16-10-5-11-17-60)62-42-32-58(33-43-62)59-34-44-65(45-35-59)69(63-36-26-55(27-37-63)50-12-6-3-7-13-50)64-38-28-56(29-39-64)51-14-8-4-9-15-51/h3-45H,46-47H2,1-2H3. The zero-order valence-corrected chi connectivity index (χ0v) is 39.1. The predicted molar refractivity (Wildman–Crippen MR) is 291 cm³/mol. The first-order valence-electron chi connectivity index (χ1n) is 23.8. The molecule has 0 saturated carbocycles. The maximum absolute atomic E-state index is 9.40. The molecule has 0 aromatic heterocycles. The molecule has 69 heavy (non-hydrogen) atoms. The van der Waals surface area contributed by atoms with E-state index < -0.39 is 0 Å². The summed E-state index contributed by atoms with van der Waals surface area (Å²) < 4.78 is 0. The van der Waals surface area contributed by atoms with Gasteiger partial charge in [0.2, 0.25) is 0 Å². The summed E-state index contributed by atoms with van der Waals surface area (Å²) in [5, 5.41) is 9.40. The van der Waals surface area contributed by atoms with Gasteiger partial charge in [-0.25, -0.2) is 0 Å². The highest BCUT2D eigenvalue weighted by molar-refractivity contribution is 5.83. The molecule has 0 radical (unpaired) electrons. The van der Waals surface area contributed by atoms with Crippen molar-refractivity contribution in [3.63, 3.8) is 0 Å². The summed E-state index contributed by atoms with van der Waals surface area (Å²) in [6.45, 7) is 4.01. The van der Waals surface area contributed by atoms with Crippen LogP contribution in [0.4, 0.5) is 34.1 Å². The normalized spacial score (nSPS) is 11.1. The molecular weight excluding hydrogens is 835 g/mol. The minimum atomic E-state index is -0.310. The molecule has 0 amide bonds. The van der Waals surface area contributed by atoms with Gasteiger partial charge in [0.15, 0.2) is 0 Å². The molecule has 0 unspecified atom stereocenters. The van der Waals surface area contributed by atoms with Gasteiger partial charge in [0, 0.05) is 34.1 Å². The van der Waals surface area contributed by atoms with E-state index in [1.807, 2.05) is 13.8 Å². The van der Waals surface area contributed by atoms with Crippen LogP contribution in [0.15, 0.2) is 261 Å². The van der Waals surface area contributed by atoms with Gasteiger partial charge in [-0.2, -0.15) is 5.26 Å². The largest absolute Gasteiger partial charge is 0.311 e. The number of nitriles is 1. The van der Waals surface area contributed by atoms with Gasteiger partial charge >= 0.3 is 0 Å². The van der Waals surface area contributed by atoms with Crippen LogP contribution in [0.5, 0.6) is 0 Å². The van der Waals surface area contributed by atoms with Crippen LogP contribution in [-0.4, -0.2) is 0 Å². The molecule has 0 heterocycles. The fourth-order valence-electron chi connectivity index (χ4n) is 8.98. The smallest absolute Gasteiger partial charge is 0.0684 e. The molecule has 0 aliphatic carbocycles. The first-order valence-corrected chi connectivity index (χ1v) is 23.8. The highest BCUT2D eigenvalue weighted by Gasteiger charge is 2.18. The van der Waals surface area contributed by atoms with Gasteiger partial charge in [-0.05, 0) is 161 Å². The summed E-state index contributed by atoms with van der Waals surface area (Å²) in [6, 6.07) is 96.0. The molecule has 10 rings (SSSR count). The summed E-state index contributed by atoms with van der Waals surface area (Å²) in [7, 11) is 0. The Labute approximate surface area is 407 Å². The van der Waals surface area contributed by atoms with Crippen LogP contribution in [0, 0.1) is 16.7 Å². The first-order chi connectivity index (χ1) is 33.9. The molecular formula is C66H53N3. The van der Waals surface area contributed by atoms with E-state index in [9.17, 15) is 5.26 Å². The number of rotatable bonds is 14. The third-order valence-electron chi connectivity index (χ3n) is 13.0. The van der Waals surface area contributed by atoms with Crippen molar-refractivity contribution in [3.05, 3.63) is 266 Å². The molecule has 332 valence electrons. The van der Waals surface area contributed by atoms with E-state index in [0.29, 0.717) is 0 Å². The molecule has 0 aliphatic rings. The molecule has 0 atom stereocenters. The van der Waals surface area contributed by atoms with Gasteiger partial charge in [-0.15, -0.1) is 0 Å². The fraction of sp³-hybridized carbons (Fsp3) is 0.0758. The average molecular weight is 888 g/mol. The van der Waals surface area contributed by atoms with E-state index in [1.165, 1.54) is 50.1 Å². The Hall–Kier alpha value is -8.71. The van der Waals surface area contributed by atoms with Crippen molar-refractivity contribution in [1.29, 1.82) is 5.26 Å². The quantitative estimate of drug-likeness (QED) is 0.109. The molecule has 0 saturated heterocycles. The van der Waals surface area contributed by atoms with Gasteiger partial charge < -0.3 is 9.80 Å². The Kier molecular flexibility index (Phi) is 12.8. The number of benzene rings is 10. The van der Waals surface area contributed by atoms with Crippen LogP contribution in [0.1, 0.15) is 25.8 Å². The minimum Gasteiger partial charge on any atom is -0.311 e. The highest BCUT2D eigenvalue weighted by atomic mass is 15.1. The van der Waals surface area contributed by atoms with Gasteiger partial charge in [-0.1, -0.05) is 188 Å². The maximum Gasteiger partial charge on any atom is 0.0684 e. The van der Waals surface area contributed by atoms with Gasteiger partial charge in [0.1, 0.15) is 0 Å². The highest BCUT2D eigenvalue weighted by Crippen LogP contribution is 2.40. The van der Waals surface area contributed by atoms with E-state index in [2.05, 4.69) is 277 Å². The number of para-hydroxylation sites is 1. The van der Waals surface area contributed by atoms with Crippen LogP contribution < -0.4 is 9.80 Å². The number of anilines is 6. The maximum atomic E-state index is 9.40. The summed E-state index contributed by atoms with van der Waals surface area (Å²) in [4.78, 5) is 4.64. The van der Waals surface area contributed by atoms with Crippen molar-refractivity contribution >= 4 is 34.1 Å². The number of nitrogens with zero attached hydrogens (tertiary/aromatic N) is 3. The van der Waals surface area contributed by atoms with Crippen LogP contribution >= 0.6 is 0 Å². The van der Waals surface area contributed by atoms with E-state index in [1.54, 1.807) is 0 Å². The van der Waals surface area contributed by atoms with Crippen LogP contribution in [0.3, 0.4) is 0 Å². The molecule has 0 fully saturated rings. The monoisotopic (exact) mass is 887 g/mol. The Bertz CT molecular complexity index is 3180.